The third-order valence-corrected chi connectivity index (χ3v) is 3.65. The minimum atomic E-state index is 0.619. The standard InChI is InChI=1S/C16H14ClN3/c1-10-8-19-20-5-4-13(6-16(10)20)11(2)15-7-14(17)9-18-12(15)3/h4-9H,2H2,1,3H3. The number of aryl methyl sites for hydroxylation is 2. The summed E-state index contributed by atoms with van der Waals surface area (Å²) in [5, 5.41) is 4.90. The molecule has 0 aromatic carbocycles. The first-order valence-corrected chi connectivity index (χ1v) is 6.70. The summed E-state index contributed by atoms with van der Waals surface area (Å²) in [6.07, 6.45) is 5.45. The second-order valence-corrected chi connectivity index (χ2v) is 5.27. The van der Waals surface area contributed by atoms with Gasteiger partial charge in [0, 0.05) is 23.7 Å². The molecule has 0 aliphatic heterocycles. The molecule has 0 radical (unpaired) electrons. The Morgan fingerprint density at radius 2 is 2.05 bits per heavy atom. The highest BCUT2D eigenvalue weighted by Gasteiger charge is 2.09. The Hall–Kier alpha value is -2.13. The summed E-state index contributed by atoms with van der Waals surface area (Å²) in [4.78, 5) is 4.28. The van der Waals surface area contributed by atoms with E-state index in [4.69, 9.17) is 11.6 Å². The Labute approximate surface area is 122 Å². The molecule has 3 heterocycles. The molecular formula is C16H14ClN3. The molecule has 4 heteroatoms. The lowest BCUT2D eigenvalue weighted by molar-refractivity contribution is 0.960. The smallest absolute Gasteiger partial charge is 0.0696 e. The van der Waals surface area contributed by atoms with Crippen LogP contribution in [0.4, 0.5) is 0 Å². The average Bonchev–Trinajstić information content (AvgIpc) is 2.82. The van der Waals surface area contributed by atoms with Gasteiger partial charge in [-0.15, -0.1) is 0 Å². The zero-order valence-corrected chi connectivity index (χ0v) is 12.1. The highest BCUT2D eigenvalue weighted by molar-refractivity contribution is 6.30. The Morgan fingerprint density at radius 1 is 1.25 bits per heavy atom. The van der Waals surface area contributed by atoms with Crippen molar-refractivity contribution in [2.45, 2.75) is 13.8 Å². The van der Waals surface area contributed by atoms with Gasteiger partial charge in [0.25, 0.3) is 0 Å². The van der Waals surface area contributed by atoms with Gasteiger partial charge in [-0.2, -0.15) is 5.10 Å². The zero-order chi connectivity index (χ0) is 14.3. The van der Waals surface area contributed by atoms with E-state index >= 15 is 0 Å². The molecule has 0 aliphatic carbocycles. The van der Waals surface area contributed by atoms with E-state index in [2.05, 4.69) is 22.7 Å². The van der Waals surface area contributed by atoms with E-state index in [9.17, 15) is 0 Å². The van der Waals surface area contributed by atoms with Gasteiger partial charge in [0.15, 0.2) is 0 Å². The van der Waals surface area contributed by atoms with Crippen molar-refractivity contribution in [3.63, 3.8) is 0 Å². The third kappa shape index (κ3) is 2.10. The average molecular weight is 284 g/mol. The van der Waals surface area contributed by atoms with Crippen LogP contribution in [0.15, 0.2) is 43.4 Å². The highest BCUT2D eigenvalue weighted by atomic mass is 35.5. The minimum absolute atomic E-state index is 0.619. The topological polar surface area (TPSA) is 30.2 Å². The third-order valence-electron chi connectivity index (χ3n) is 3.44. The quantitative estimate of drug-likeness (QED) is 0.710. The van der Waals surface area contributed by atoms with Crippen molar-refractivity contribution in [1.82, 2.24) is 14.6 Å². The van der Waals surface area contributed by atoms with Gasteiger partial charge in [0.05, 0.1) is 16.7 Å². The highest BCUT2D eigenvalue weighted by Crippen LogP contribution is 2.27. The maximum absolute atomic E-state index is 6.03. The van der Waals surface area contributed by atoms with Crippen molar-refractivity contribution in [3.05, 3.63) is 70.8 Å². The van der Waals surface area contributed by atoms with E-state index in [0.29, 0.717) is 5.02 Å². The number of rotatable bonds is 2. The maximum Gasteiger partial charge on any atom is 0.0696 e. The molecule has 0 amide bonds. The lowest BCUT2D eigenvalue weighted by Crippen LogP contribution is -1.95. The number of hydrogen-bond acceptors (Lipinski definition) is 2. The number of halogens is 1. The number of pyridine rings is 2. The molecule has 0 fully saturated rings. The molecule has 0 atom stereocenters. The Balaban J connectivity index is 2.12. The normalized spacial score (nSPS) is 10.9. The monoisotopic (exact) mass is 283 g/mol. The fourth-order valence-corrected chi connectivity index (χ4v) is 2.42. The van der Waals surface area contributed by atoms with Gasteiger partial charge in [-0.05, 0) is 48.7 Å². The summed E-state index contributed by atoms with van der Waals surface area (Å²) in [6.45, 7) is 8.19. The predicted molar refractivity (Wildman–Crippen MR) is 82.0 cm³/mol. The van der Waals surface area contributed by atoms with Crippen molar-refractivity contribution < 1.29 is 0 Å². The van der Waals surface area contributed by atoms with E-state index in [0.717, 1.165) is 33.5 Å². The Bertz CT molecular complexity index is 818. The van der Waals surface area contributed by atoms with Crippen molar-refractivity contribution in [3.8, 4) is 0 Å². The Morgan fingerprint density at radius 3 is 2.85 bits per heavy atom. The summed E-state index contributed by atoms with van der Waals surface area (Å²) in [7, 11) is 0. The summed E-state index contributed by atoms with van der Waals surface area (Å²) >= 11 is 6.03. The molecule has 100 valence electrons. The first-order chi connectivity index (χ1) is 9.56. The van der Waals surface area contributed by atoms with Crippen LogP contribution in [-0.2, 0) is 0 Å². The van der Waals surface area contributed by atoms with Crippen LogP contribution in [0, 0.1) is 13.8 Å². The van der Waals surface area contributed by atoms with E-state index < -0.39 is 0 Å². The number of fused-ring (bicyclic) bond motifs is 1. The first-order valence-electron chi connectivity index (χ1n) is 6.32. The molecule has 3 aromatic rings. The van der Waals surface area contributed by atoms with Crippen LogP contribution >= 0.6 is 11.6 Å². The molecule has 0 spiro atoms. The summed E-state index contributed by atoms with van der Waals surface area (Å²) in [6, 6.07) is 5.99. The van der Waals surface area contributed by atoms with Gasteiger partial charge in [-0.25, -0.2) is 4.52 Å². The van der Waals surface area contributed by atoms with Crippen LogP contribution < -0.4 is 0 Å². The van der Waals surface area contributed by atoms with E-state index in [1.165, 1.54) is 0 Å². The Kier molecular flexibility index (Phi) is 3.07. The van der Waals surface area contributed by atoms with Crippen molar-refractivity contribution in [2.75, 3.05) is 0 Å². The lowest BCUT2D eigenvalue weighted by atomic mass is 9.99. The van der Waals surface area contributed by atoms with Gasteiger partial charge in [0.2, 0.25) is 0 Å². The van der Waals surface area contributed by atoms with Gasteiger partial charge >= 0.3 is 0 Å². The van der Waals surface area contributed by atoms with Crippen molar-refractivity contribution in [2.24, 2.45) is 0 Å². The lowest BCUT2D eigenvalue weighted by Gasteiger charge is -2.10. The van der Waals surface area contributed by atoms with Crippen molar-refractivity contribution in [1.29, 1.82) is 0 Å². The fraction of sp³-hybridized carbons (Fsp3) is 0.125. The summed E-state index contributed by atoms with van der Waals surface area (Å²) in [5.41, 5.74) is 6.08. The molecule has 3 aromatic heterocycles. The largest absolute Gasteiger partial charge is 0.259 e. The molecular weight excluding hydrogens is 270 g/mol. The van der Waals surface area contributed by atoms with E-state index in [-0.39, 0.29) is 0 Å². The minimum Gasteiger partial charge on any atom is -0.259 e. The van der Waals surface area contributed by atoms with Crippen LogP contribution in [0.2, 0.25) is 5.02 Å². The summed E-state index contributed by atoms with van der Waals surface area (Å²) in [5.74, 6) is 0. The predicted octanol–water partition coefficient (Wildman–Crippen LogP) is 4.06. The van der Waals surface area contributed by atoms with E-state index in [1.54, 1.807) is 6.20 Å². The summed E-state index contributed by atoms with van der Waals surface area (Å²) < 4.78 is 1.86. The van der Waals surface area contributed by atoms with Crippen molar-refractivity contribution >= 4 is 22.7 Å². The van der Waals surface area contributed by atoms with E-state index in [1.807, 2.05) is 42.9 Å². The van der Waals surface area contributed by atoms with Gasteiger partial charge in [-0.1, -0.05) is 18.2 Å². The van der Waals surface area contributed by atoms with Crippen LogP contribution in [-0.4, -0.2) is 14.6 Å². The fourth-order valence-electron chi connectivity index (χ4n) is 2.26. The second kappa shape index (κ2) is 4.76. The zero-order valence-electron chi connectivity index (χ0n) is 11.4. The molecule has 3 nitrogen and oxygen atoms in total. The van der Waals surface area contributed by atoms with Crippen LogP contribution in [0.3, 0.4) is 0 Å². The number of hydrogen-bond donors (Lipinski definition) is 0. The van der Waals surface area contributed by atoms with Crippen LogP contribution in [0.5, 0.6) is 0 Å². The van der Waals surface area contributed by atoms with Gasteiger partial charge < -0.3 is 0 Å². The van der Waals surface area contributed by atoms with Gasteiger partial charge in [-0.3, -0.25) is 4.98 Å². The van der Waals surface area contributed by atoms with Crippen LogP contribution in [0.25, 0.3) is 11.1 Å². The SMILES string of the molecule is C=C(c1ccn2ncc(C)c2c1)c1cc(Cl)cnc1C. The first kappa shape index (κ1) is 12.9. The maximum atomic E-state index is 6.03. The molecule has 0 N–H and O–H groups in total. The van der Waals surface area contributed by atoms with Gasteiger partial charge in [0.1, 0.15) is 0 Å². The molecule has 0 aliphatic rings. The molecule has 0 bridgehead atoms. The molecule has 3 rings (SSSR count). The molecule has 20 heavy (non-hydrogen) atoms. The number of nitrogens with zero attached hydrogens (tertiary/aromatic N) is 3. The van der Waals surface area contributed by atoms with Crippen LogP contribution in [0.1, 0.15) is 22.4 Å². The molecule has 0 saturated carbocycles. The number of aromatic nitrogens is 3. The second-order valence-electron chi connectivity index (χ2n) is 4.84. The molecule has 0 unspecified atom stereocenters. The molecule has 0 saturated heterocycles.